The Morgan fingerprint density at radius 1 is 0.370 bits per heavy atom. The molecule has 0 fully saturated rings. The fourth-order valence-electron chi connectivity index (χ4n) is 4.16. The third kappa shape index (κ3) is 20.5. The zero-order valence-corrected chi connectivity index (χ0v) is 20.0. The van der Waals surface area contributed by atoms with Crippen molar-refractivity contribution < 1.29 is 4.48 Å². The van der Waals surface area contributed by atoms with Gasteiger partial charge in [-0.3, -0.25) is 0 Å². The quantitative estimate of drug-likeness (QED) is 0.156. The fourth-order valence-corrected chi connectivity index (χ4v) is 4.16. The first-order valence-corrected chi connectivity index (χ1v) is 12.5. The molecular formula is C25H57N2+. The largest absolute Gasteiger partial charge is 0.344 e. The average Bonchev–Trinajstić information content (AvgIpc) is 2.64. The summed E-state index contributed by atoms with van der Waals surface area (Å²) < 4.78 is 1.36. The Hall–Kier alpha value is -0.0800. The average molecular weight is 386 g/mol. The maximum absolute atomic E-state index is 2.56. The highest BCUT2D eigenvalue weighted by atomic mass is 15.3. The van der Waals surface area contributed by atoms with E-state index in [-0.39, 0.29) is 6.15 Å². The summed E-state index contributed by atoms with van der Waals surface area (Å²) in [5, 5.41) is 0. The molecule has 0 unspecified atom stereocenters. The van der Waals surface area contributed by atoms with E-state index in [1.807, 2.05) is 0 Å². The van der Waals surface area contributed by atoms with E-state index < -0.39 is 0 Å². The van der Waals surface area contributed by atoms with Crippen LogP contribution in [0.1, 0.15) is 136 Å². The van der Waals surface area contributed by atoms with Crippen molar-refractivity contribution >= 4 is 0 Å². The summed E-state index contributed by atoms with van der Waals surface area (Å²) in [6, 6.07) is 0. The molecule has 0 saturated heterocycles. The lowest BCUT2D eigenvalue weighted by atomic mass is 10.1. The van der Waals surface area contributed by atoms with E-state index >= 15 is 0 Å². The van der Waals surface area contributed by atoms with Crippen LogP contribution in [0.25, 0.3) is 0 Å². The standard InChI is InChI=1S/C25H54N.H3N/c1-5-8-11-14-17-20-23-26(4,24-21-18-15-12-9-6-2)25-22-19-16-13-10-7-3;/h5-25H2,1-4H3;1H3/q+1;. The van der Waals surface area contributed by atoms with Gasteiger partial charge in [-0.05, 0) is 38.5 Å². The lowest BCUT2D eigenvalue weighted by molar-refractivity contribution is -0.910. The molecule has 0 saturated carbocycles. The fraction of sp³-hybridized carbons (Fsp3) is 1.00. The summed E-state index contributed by atoms with van der Waals surface area (Å²) in [5.74, 6) is 0. The molecule has 0 aliphatic carbocycles. The zero-order chi connectivity index (χ0) is 19.3. The number of rotatable bonds is 21. The third-order valence-electron chi connectivity index (χ3n) is 6.15. The van der Waals surface area contributed by atoms with Crippen molar-refractivity contribution in [3.8, 4) is 0 Å². The van der Waals surface area contributed by atoms with E-state index in [9.17, 15) is 0 Å². The molecule has 166 valence electrons. The Bertz CT molecular complexity index is 224. The van der Waals surface area contributed by atoms with Gasteiger partial charge in [0.25, 0.3) is 0 Å². The van der Waals surface area contributed by atoms with Gasteiger partial charge in [0.2, 0.25) is 0 Å². The number of quaternary nitrogens is 1. The van der Waals surface area contributed by atoms with Crippen molar-refractivity contribution in [3.63, 3.8) is 0 Å². The van der Waals surface area contributed by atoms with Crippen molar-refractivity contribution in [3.05, 3.63) is 0 Å². The van der Waals surface area contributed by atoms with Crippen molar-refractivity contribution in [2.24, 2.45) is 0 Å². The van der Waals surface area contributed by atoms with Crippen LogP contribution in [0.2, 0.25) is 0 Å². The number of nitrogens with zero attached hydrogens (tertiary/aromatic N) is 1. The molecule has 0 aliphatic rings. The van der Waals surface area contributed by atoms with Gasteiger partial charge in [0, 0.05) is 0 Å². The van der Waals surface area contributed by atoms with Gasteiger partial charge >= 0.3 is 0 Å². The highest BCUT2D eigenvalue weighted by Crippen LogP contribution is 2.16. The second-order valence-electron chi connectivity index (χ2n) is 9.09. The van der Waals surface area contributed by atoms with Crippen LogP contribution in [0, 0.1) is 0 Å². The van der Waals surface area contributed by atoms with Crippen LogP contribution in [-0.4, -0.2) is 31.2 Å². The number of unbranched alkanes of at least 4 members (excludes halogenated alkanes) is 15. The highest BCUT2D eigenvalue weighted by Gasteiger charge is 2.20. The Morgan fingerprint density at radius 2 is 0.593 bits per heavy atom. The van der Waals surface area contributed by atoms with Crippen LogP contribution < -0.4 is 6.15 Å². The lowest BCUT2D eigenvalue weighted by Gasteiger charge is -2.35. The van der Waals surface area contributed by atoms with Crippen LogP contribution in [0.15, 0.2) is 0 Å². The molecule has 2 heteroatoms. The number of hydrogen-bond acceptors (Lipinski definition) is 1. The Morgan fingerprint density at radius 3 is 0.852 bits per heavy atom. The topological polar surface area (TPSA) is 35.0 Å². The maximum atomic E-state index is 2.56. The van der Waals surface area contributed by atoms with E-state index in [2.05, 4.69) is 27.8 Å². The van der Waals surface area contributed by atoms with Crippen molar-refractivity contribution in [2.75, 3.05) is 26.7 Å². The van der Waals surface area contributed by atoms with Crippen molar-refractivity contribution in [2.45, 2.75) is 136 Å². The highest BCUT2D eigenvalue weighted by molar-refractivity contribution is 4.51. The second-order valence-corrected chi connectivity index (χ2v) is 9.09. The van der Waals surface area contributed by atoms with Crippen LogP contribution in [0.5, 0.6) is 0 Å². The van der Waals surface area contributed by atoms with Gasteiger partial charge < -0.3 is 10.6 Å². The first kappa shape index (κ1) is 29.1. The molecule has 0 aromatic carbocycles. The maximum Gasteiger partial charge on any atom is 0.0784 e. The molecule has 0 bridgehead atoms. The van der Waals surface area contributed by atoms with Gasteiger partial charge in [-0.25, -0.2) is 0 Å². The summed E-state index contributed by atoms with van der Waals surface area (Å²) >= 11 is 0. The molecule has 0 heterocycles. The molecule has 0 amide bonds. The molecule has 0 spiro atoms. The second kappa shape index (κ2) is 22.2. The molecule has 0 aromatic rings. The Kier molecular flexibility index (Phi) is 24.0. The van der Waals surface area contributed by atoms with Gasteiger partial charge in [0.05, 0.1) is 26.7 Å². The molecule has 0 rings (SSSR count). The summed E-state index contributed by atoms with van der Waals surface area (Å²) in [6.45, 7) is 11.2. The van der Waals surface area contributed by atoms with Gasteiger partial charge in [0.1, 0.15) is 0 Å². The Labute approximate surface area is 174 Å². The van der Waals surface area contributed by atoms with E-state index in [4.69, 9.17) is 0 Å². The van der Waals surface area contributed by atoms with Crippen molar-refractivity contribution in [1.82, 2.24) is 6.15 Å². The molecule has 27 heavy (non-hydrogen) atoms. The molecule has 0 radical (unpaired) electrons. The summed E-state index contributed by atoms with van der Waals surface area (Å²) in [4.78, 5) is 0. The van der Waals surface area contributed by atoms with E-state index in [1.165, 1.54) is 140 Å². The van der Waals surface area contributed by atoms with Gasteiger partial charge in [0.15, 0.2) is 0 Å². The third-order valence-corrected chi connectivity index (χ3v) is 6.15. The minimum Gasteiger partial charge on any atom is -0.344 e. The SMILES string of the molecule is CCCCCCCC[N+](C)(CCCCCCCC)CCCCCCCC.N. The first-order chi connectivity index (χ1) is 12.7. The van der Waals surface area contributed by atoms with Crippen LogP contribution in [-0.2, 0) is 0 Å². The van der Waals surface area contributed by atoms with Gasteiger partial charge in [-0.15, -0.1) is 0 Å². The molecule has 0 aromatic heterocycles. The molecular weight excluding hydrogens is 328 g/mol. The normalized spacial score (nSPS) is 11.6. The van der Waals surface area contributed by atoms with E-state index in [1.54, 1.807) is 0 Å². The molecule has 3 N–H and O–H groups in total. The summed E-state index contributed by atoms with van der Waals surface area (Å²) in [5.41, 5.74) is 0. The molecule has 0 aliphatic heterocycles. The predicted molar refractivity (Wildman–Crippen MR) is 126 cm³/mol. The van der Waals surface area contributed by atoms with Gasteiger partial charge in [-0.2, -0.15) is 0 Å². The Balaban J connectivity index is 0. The van der Waals surface area contributed by atoms with Crippen LogP contribution in [0.3, 0.4) is 0 Å². The first-order valence-electron chi connectivity index (χ1n) is 12.5. The zero-order valence-electron chi connectivity index (χ0n) is 20.0. The molecule has 0 atom stereocenters. The summed E-state index contributed by atoms with van der Waals surface area (Å²) in [6.07, 6.45) is 25.9. The van der Waals surface area contributed by atoms with E-state index in [0.717, 1.165) is 0 Å². The van der Waals surface area contributed by atoms with Crippen molar-refractivity contribution in [1.29, 1.82) is 0 Å². The van der Waals surface area contributed by atoms with Gasteiger partial charge in [-0.1, -0.05) is 97.8 Å². The number of hydrogen-bond donors (Lipinski definition) is 1. The van der Waals surface area contributed by atoms with Crippen LogP contribution in [0.4, 0.5) is 0 Å². The smallest absolute Gasteiger partial charge is 0.0784 e. The van der Waals surface area contributed by atoms with Crippen LogP contribution >= 0.6 is 0 Å². The summed E-state index contributed by atoms with van der Waals surface area (Å²) in [7, 11) is 2.56. The van der Waals surface area contributed by atoms with E-state index in [0.29, 0.717) is 0 Å². The molecule has 2 nitrogen and oxygen atoms in total. The predicted octanol–water partition coefficient (Wildman–Crippen LogP) is 8.68. The lowest BCUT2D eigenvalue weighted by Crippen LogP contribution is -2.46. The monoisotopic (exact) mass is 385 g/mol. The minimum atomic E-state index is 0. The minimum absolute atomic E-state index is 0.